The van der Waals surface area contributed by atoms with E-state index in [2.05, 4.69) is 15.2 Å². The topological polar surface area (TPSA) is 63.2 Å². The van der Waals surface area contributed by atoms with Gasteiger partial charge < -0.3 is 19.7 Å². The molecule has 0 aliphatic rings. The van der Waals surface area contributed by atoms with Gasteiger partial charge in [0.1, 0.15) is 12.4 Å². The number of benzene rings is 2. The first kappa shape index (κ1) is 32.0. The number of ether oxygens (including phenoxy) is 2. The molecule has 13 heteroatoms. The monoisotopic (exact) mass is 577 g/mol. The summed E-state index contributed by atoms with van der Waals surface area (Å²) in [5.74, 6) is 0.631. The molecule has 214 valence electrons. The summed E-state index contributed by atoms with van der Waals surface area (Å²) in [5, 5.41) is 3.12. The molecule has 2 aromatic carbocycles. The minimum Gasteiger partial charge on any atom is -0.493 e. The molecule has 6 nitrogen and oxygen atoms in total. The van der Waals surface area contributed by atoms with E-state index >= 15 is 0 Å². The number of carbonyl (C=O) groups is 1. The fraction of sp³-hybridized carbons (Fsp3) is 0.385. The molecule has 1 N–H and O–H groups in total. The molecule has 2 aromatic rings. The number of thioether (sulfide) groups is 1. The zero-order chi connectivity index (χ0) is 29.2. The van der Waals surface area contributed by atoms with Crippen LogP contribution in [0.3, 0.4) is 0 Å². The van der Waals surface area contributed by atoms with Crippen molar-refractivity contribution in [3.05, 3.63) is 63.6 Å². The van der Waals surface area contributed by atoms with Crippen LogP contribution in [-0.4, -0.2) is 57.2 Å². The van der Waals surface area contributed by atoms with Gasteiger partial charge in [-0.1, -0.05) is 19.1 Å². The van der Waals surface area contributed by atoms with Crippen molar-refractivity contribution in [3.63, 3.8) is 0 Å². The second-order valence-electron chi connectivity index (χ2n) is 8.18. The van der Waals surface area contributed by atoms with E-state index in [-0.39, 0.29) is 17.6 Å². The van der Waals surface area contributed by atoms with Crippen LogP contribution in [0.2, 0.25) is 0 Å². The molecule has 0 aliphatic heterocycles. The van der Waals surface area contributed by atoms with E-state index in [1.54, 1.807) is 18.4 Å². The molecule has 0 atom stereocenters. The smallest absolute Gasteiger partial charge is 0.416 e. The molecule has 0 radical (unpaired) electrons. The molecule has 0 aliphatic carbocycles. The molecule has 1 amide bonds. The number of likely N-dealkylation sites (N-methyl/N-ethyl adjacent to an activating group) is 1. The average molecular weight is 578 g/mol. The minimum atomic E-state index is -5.02. The number of aliphatic imine (C=N–C) groups is 1. The van der Waals surface area contributed by atoms with Gasteiger partial charge in [0.15, 0.2) is 11.5 Å². The maximum Gasteiger partial charge on any atom is 0.416 e. The lowest BCUT2D eigenvalue weighted by Crippen LogP contribution is -2.33. The summed E-state index contributed by atoms with van der Waals surface area (Å²) in [6.45, 7) is 3.44. The molecule has 2 rings (SSSR count). The number of methoxy groups -OCH3 is 1. The highest BCUT2D eigenvalue weighted by Crippen LogP contribution is 2.38. The Kier molecular flexibility index (Phi) is 11.7. The van der Waals surface area contributed by atoms with Crippen LogP contribution in [0.5, 0.6) is 11.5 Å². The fourth-order valence-corrected chi connectivity index (χ4v) is 3.91. The van der Waals surface area contributed by atoms with E-state index in [1.807, 2.05) is 14.0 Å². The number of nitrogens with one attached hydrogen (secondary N) is 1. The van der Waals surface area contributed by atoms with E-state index in [0.29, 0.717) is 41.9 Å². The van der Waals surface area contributed by atoms with Gasteiger partial charge in [0, 0.05) is 18.7 Å². The number of alkyl halides is 6. The fourth-order valence-electron chi connectivity index (χ4n) is 3.34. The maximum absolute atomic E-state index is 13.5. The number of rotatable bonds is 12. The van der Waals surface area contributed by atoms with Gasteiger partial charge in [0.05, 0.1) is 23.1 Å². The maximum atomic E-state index is 13.5. The summed E-state index contributed by atoms with van der Waals surface area (Å²) in [6, 6.07) is 6.11. The first-order chi connectivity index (χ1) is 18.3. The number of hydrogen-bond acceptors (Lipinski definition) is 5. The molecule has 0 unspecified atom stereocenters. The van der Waals surface area contributed by atoms with Gasteiger partial charge in [-0.3, -0.25) is 4.79 Å². The van der Waals surface area contributed by atoms with Crippen molar-refractivity contribution in [2.45, 2.75) is 25.9 Å². The second kappa shape index (κ2) is 14.3. The Morgan fingerprint density at radius 1 is 1.08 bits per heavy atom. The van der Waals surface area contributed by atoms with Crippen LogP contribution in [0, 0.1) is 0 Å². The molecule has 0 bridgehead atoms. The first-order valence-corrected chi connectivity index (χ1v) is 12.8. The van der Waals surface area contributed by atoms with Crippen LogP contribution in [0.4, 0.5) is 26.3 Å². The normalized spacial score (nSPS) is 13.0. The van der Waals surface area contributed by atoms with Crippen LogP contribution in [0.1, 0.15) is 29.2 Å². The van der Waals surface area contributed by atoms with Crippen molar-refractivity contribution in [1.82, 2.24) is 10.2 Å². The lowest BCUT2D eigenvalue weighted by Gasteiger charge is -2.18. The summed E-state index contributed by atoms with van der Waals surface area (Å²) in [5.41, 5.74) is -2.75. The van der Waals surface area contributed by atoms with Gasteiger partial charge in [-0.05, 0) is 55.8 Å². The van der Waals surface area contributed by atoms with Crippen molar-refractivity contribution in [2.24, 2.45) is 4.99 Å². The van der Waals surface area contributed by atoms with Crippen molar-refractivity contribution < 1.29 is 40.6 Å². The Bertz CT molecular complexity index is 1180. The molecule has 0 heterocycles. The lowest BCUT2D eigenvalue weighted by atomic mass is 10.0. The van der Waals surface area contributed by atoms with Crippen molar-refractivity contribution in [1.29, 1.82) is 0 Å². The zero-order valence-electron chi connectivity index (χ0n) is 21.7. The predicted octanol–water partition coefficient (Wildman–Crippen LogP) is 6.11. The Hall–Kier alpha value is -3.19. The minimum absolute atomic E-state index is 0.0685. The van der Waals surface area contributed by atoms with Crippen LogP contribution in [0.15, 0.2) is 46.3 Å². The number of hydrogen-bond donors (Lipinski definition) is 1. The first-order valence-electron chi connectivity index (χ1n) is 11.6. The van der Waals surface area contributed by atoms with E-state index in [0.717, 1.165) is 12.6 Å². The Balaban J connectivity index is 2.36. The van der Waals surface area contributed by atoms with Crippen LogP contribution in [-0.2, 0) is 23.8 Å². The largest absolute Gasteiger partial charge is 0.493 e. The third kappa shape index (κ3) is 9.50. The number of halogens is 6. The quantitative estimate of drug-likeness (QED) is 0.142. The van der Waals surface area contributed by atoms with Gasteiger partial charge in [0.2, 0.25) is 6.41 Å². The Morgan fingerprint density at radius 3 is 2.36 bits per heavy atom. The summed E-state index contributed by atoms with van der Waals surface area (Å²) in [4.78, 5) is 17.7. The summed E-state index contributed by atoms with van der Waals surface area (Å²) >= 11 is 1.32. The average Bonchev–Trinajstić information content (AvgIpc) is 2.88. The molecule has 0 saturated heterocycles. The van der Waals surface area contributed by atoms with E-state index in [9.17, 15) is 31.1 Å². The van der Waals surface area contributed by atoms with Gasteiger partial charge >= 0.3 is 12.4 Å². The second-order valence-corrected chi connectivity index (χ2v) is 9.03. The molecule has 0 aromatic heterocycles. The van der Waals surface area contributed by atoms with Crippen molar-refractivity contribution >= 4 is 30.1 Å². The van der Waals surface area contributed by atoms with Gasteiger partial charge in [0.25, 0.3) is 0 Å². The predicted molar refractivity (Wildman–Crippen MR) is 140 cm³/mol. The highest BCUT2D eigenvalue weighted by atomic mass is 32.2. The summed E-state index contributed by atoms with van der Waals surface area (Å²) < 4.78 is 90.4. The standard InChI is InChI=1S/C26H29F6N3O3S/c1-5-35(2)11-10-33-24(34-16-36)23(39-4)13-17-6-9-21(37-3)22(12-17)38-15-18-7-8-19(25(27,28)29)14-20(18)26(30,31)32/h6-9,12-14,16H,5,10-11,15H2,1-4H3,(H,33,34,36)/b23-13-. The lowest BCUT2D eigenvalue weighted by molar-refractivity contribution is -0.143. The SMILES string of the molecule is CCN(C)CCNC(=N/C=O)/C(=C/c1ccc(OC)c(OCc2ccc(C(F)(F)F)cc2C(F)(F)F)c1)SC. The van der Waals surface area contributed by atoms with Crippen molar-refractivity contribution in [3.8, 4) is 11.5 Å². The summed E-state index contributed by atoms with van der Waals surface area (Å²) in [6.07, 6.45) is -6.04. The van der Waals surface area contributed by atoms with Gasteiger partial charge in [-0.2, -0.15) is 31.3 Å². The molecule has 0 spiro atoms. The third-order valence-corrected chi connectivity index (χ3v) is 6.32. The number of amides is 1. The van der Waals surface area contributed by atoms with E-state index in [1.165, 1.54) is 31.0 Å². The van der Waals surface area contributed by atoms with E-state index < -0.39 is 35.6 Å². The molecular weight excluding hydrogens is 548 g/mol. The van der Waals surface area contributed by atoms with E-state index in [4.69, 9.17) is 9.47 Å². The van der Waals surface area contributed by atoms with Crippen LogP contribution in [0.25, 0.3) is 6.08 Å². The number of amidine groups is 1. The summed E-state index contributed by atoms with van der Waals surface area (Å²) in [7, 11) is 3.29. The van der Waals surface area contributed by atoms with Crippen LogP contribution < -0.4 is 14.8 Å². The van der Waals surface area contributed by atoms with Gasteiger partial charge in [-0.15, -0.1) is 11.8 Å². The molecule has 39 heavy (non-hydrogen) atoms. The highest BCUT2D eigenvalue weighted by Gasteiger charge is 2.38. The third-order valence-electron chi connectivity index (χ3n) is 5.57. The number of nitrogens with zero attached hydrogens (tertiary/aromatic N) is 2. The Labute approximate surface area is 227 Å². The molecular formula is C26H29F6N3O3S. The Morgan fingerprint density at radius 2 is 1.79 bits per heavy atom. The molecule has 0 fully saturated rings. The number of carbonyl (C=O) groups excluding carboxylic acids is 1. The van der Waals surface area contributed by atoms with Crippen LogP contribution >= 0.6 is 11.8 Å². The van der Waals surface area contributed by atoms with Crippen molar-refractivity contribution in [2.75, 3.05) is 40.0 Å². The highest BCUT2D eigenvalue weighted by molar-refractivity contribution is 8.03. The zero-order valence-corrected chi connectivity index (χ0v) is 22.6. The van der Waals surface area contributed by atoms with Gasteiger partial charge in [-0.25, -0.2) is 0 Å². The molecule has 0 saturated carbocycles.